The number of nitrogens with zero attached hydrogens (tertiary/aromatic N) is 1. The average molecular weight is 512 g/mol. The van der Waals surface area contributed by atoms with E-state index < -0.39 is 28.3 Å². The van der Waals surface area contributed by atoms with Crippen molar-refractivity contribution in [2.75, 3.05) is 16.2 Å². The maximum atomic E-state index is 13.3. The van der Waals surface area contributed by atoms with Crippen LogP contribution in [0, 0.1) is 12.7 Å². The van der Waals surface area contributed by atoms with Gasteiger partial charge >= 0.3 is 0 Å². The van der Waals surface area contributed by atoms with Crippen LogP contribution in [0.15, 0.2) is 76.1 Å². The number of amides is 1. The minimum atomic E-state index is -4.11. The first-order chi connectivity index (χ1) is 14.2. The van der Waals surface area contributed by atoms with Gasteiger partial charge in [0, 0.05) is 10.2 Å². The Labute approximate surface area is 187 Å². The van der Waals surface area contributed by atoms with E-state index in [1.54, 1.807) is 42.5 Å². The van der Waals surface area contributed by atoms with Gasteiger partial charge in [0.1, 0.15) is 12.4 Å². The van der Waals surface area contributed by atoms with Gasteiger partial charge in [-0.1, -0.05) is 29.3 Å². The molecule has 0 aromatic heterocycles. The first-order valence-corrected chi connectivity index (χ1v) is 11.4. The van der Waals surface area contributed by atoms with Crippen molar-refractivity contribution in [2.45, 2.75) is 11.8 Å². The summed E-state index contributed by atoms with van der Waals surface area (Å²) in [6.45, 7) is 1.39. The van der Waals surface area contributed by atoms with Gasteiger partial charge in [0.25, 0.3) is 10.0 Å². The van der Waals surface area contributed by atoms with E-state index in [0.29, 0.717) is 20.9 Å². The van der Waals surface area contributed by atoms with Gasteiger partial charge in [-0.3, -0.25) is 9.10 Å². The molecule has 0 fully saturated rings. The van der Waals surface area contributed by atoms with Gasteiger partial charge in [0.15, 0.2) is 0 Å². The van der Waals surface area contributed by atoms with Gasteiger partial charge in [0.05, 0.1) is 15.6 Å². The van der Waals surface area contributed by atoms with E-state index in [-0.39, 0.29) is 4.90 Å². The van der Waals surface area contributed by atoms with Crippen LogP contribution < -0.4 is 9.62 Å². The summed E-state index contributed by atoms with van der Waals surface area (Å²) in [6, 6.07) is 16.0. The molecule has 0 spiro atoms. The van der Waals surface area contributed by atoms with E-state index in [0.717, 1.165) is 34.1 Å². The third-order valence-electron chi connectivity index (χ3n) is 4.21. The number of rotatable bonds is 6. The van der Waals surface area contributed by atoms with Crippen molar-refractivity contribution in [1.82, 2.24) is 0 Å². The number of hydrogen-bond donors (Lipinski definition) is 1. The Kier molecular flexibility index (Phi) is 6.80. The molecule has 0 aliphatic rings. The summed E-state index contributed by atoms with van der Waals surface area (Å²) in [4.78, 5) is 12.5. The van der Waals surface area contributed by atoms with Gasteiger partial charge < -0.3 is 5.32 Å². The fourth-order valence-electron chi connectivity index (χ4n) is 2.66. The zero-order valence-electron chi connectivity index (χ0n) is 15.8. The second-order valence-corrected chi connectivity index (χ2v) is 9.60. The van der Waals surface area contributed by atoms with Gasteiger partial charge in [-0.25, -0.2) is 12.8 Å². The number of carbonyl (C=O) groups is 1. The van der Waals surface area contributed by atoms with Crippen molar-refractivity contribution >= 4 is 54.8 Å². The number of nitrogens with one attached hydrogen (secondary N) is 1. The number of halogens is 3. The largest absolute Gasteiger partial charge is 0.324 e. The highest BCUT2D eigenvalue weighted by atomic mass is 79.9. The molecule has 0 aliphatic heterocycles. The molecule has 1 amide bonds. The molecule has 3 aromatic carbocycles. The molecule has 156 valence electrons. The van der Waals surface area contributed by atoms with E-state index in [1.165, 1.54) is 0 Å². The summed E-state index contributed by atoms with van der Waals surface area (Å²) >= 11 is 9.31. The van der Waals surface area contributed by atoms with Crippen molar-refractivity contribution in [3.05, 3.63) is 87.6 Å². The Bertz CT molecular complexity index is 1170. The highest BCUT2D eigenvalue weighted by molar-refractivity contribution is 9.10. The first-order valence-electron chi connectivity index (χ1n) is 8.77. The minimum absolute atomic E-state index is 0.121. The zero-order valence-corrected chi connectivity index (χ0v) is 18.9. The predicted octanol–water partition coefficient (Wildman–Crippen LogP) is 5.38. The van der Waals surface area contributed by atoms with Gasteiger partial charge in [0.2, 0.25) is 5.91 Å². The number of anilines is 2. The topological polar surface area (TPSA) is 66.5 Å². The normalized spacial score (nSPS) is 11.2. The molecule has 5 nitrogen and oxygen atoms in total. The van der Waals surface area contributed by atoms with Crippen molar-refractivity contribution < 1.29 is 17.6 Å². The van der Waals surface area contributed by atoms with Crippen LogP contribution in [-0.4, -0.2) is 20.9 Å². The highest BCUT2D eigenvalue weighted by Gasteiger charge is 2.27. The van der Waals surface area contributed by atoms with Gasteiger partial charge in [-0.05, 0) is 77.5 Å². The van der Waals surface area contributed by atoms with Gasteiger partial charge in [-0.15, -0.1) is 0 Å². The molecule has 3 aromatic rings. The van der Waals surface area contributed by atoms with E-state index in [2.05, 4.69) is 21.2 Å². The predicted molar refractivity (Wildman–Crippen MR) is 120 cm³/mol. The summed E-state index contributed by atoms with van der Waals surface area (Å²) in [6.07, 6.45) is 0. The van der Waals surface area contributed by atoms with E-state index in [1.807, 2.05) is 6.92 Å². The lowest BCUT2D eigenvalue weighted by Gasteiger charge is -2.24. The van der Waals surface area contributed by atoms with Crippen LogP contribution in [0.1, 0.15) is 5.56 Å². The SMILES string of the molecule is Cc1ccc(N(CC(=O)Nc2ccc(Br)c(Cl)c2)S(=O)(=O)c2ccc(F)cc2)cc1. The van der Waals surface area contributed by atoms with Crippen LogP contribution in [0.5, 0.6) is 0 Å². The van der Waals surface area contributed by atoms with Crippen LogP contribution in [0.25, 0.3) is 0 Å². The van der Waals surface area contributed by atoms with Crippen molar-refractivity contribution in [1.29, 1.82) is 0 Å². The fraction of sp³-hybridized carbons (Fsp3) is 0.0952. The maximum Gasteiger partial charge on any atom is 0.264 e. The maximum absolute atomic E-state index is 13.3. The second kappa shape index (κ2) is 9.16. The summed E-state index contributed by atoms with van der Waals surface area (Å²) in [5.41, 5.74) is 1.68. The molecule has 0 atom stereocenters. The molecular formula is C21H17BrClFN2O3S. The molecule has 0 radical (unpaired) electrons. The molecule has 30 heavy (non-hydrogen) atoms. The van der Waals surface area contributed by atoms with Crippen molar-refractivity contribution in [2.24, 2.45) is 0 Å². The Balaban J connectivity index is 1.93. The number of hydrogen-bond acceptors (Lipinski definition) is 3. The van der Waals surface area contributed by atoms with Crippen LogP contribution >= 0.6 is 27.5 Å². The number of aryl methyl sites for hydroxylation is 1. The standard InChI is InChI=1S/C21H17BrClFN2O3S/c1-14-2-7-17(8-3-14)26(30(28,29)18-9-4-15(24)5-10-18)13-21(27)25-16-6-11-19(22)20(23)12-16/h2-12H,13H2,1H3,(H,25,27). The summed E-state index contributed by atoms with van der Waals surface area (Å²) in [5.74, 6) is -1.11. The summed E-state index contributed by atoms with van der Waals surface area (Å²) < 4.78 is 41.3. The van der Waals surface area contributed by atoms with Crippen molar-refractivity contribution in [3.63, 3.8) is 0 Å². The smallest absolute Gasteiger partial charge is 0.264 e. The fourth-order valence-corrected chi connectivity index (χ4v) is 4.51. The Morgan fingerprint density at radius 3 is 2.30 bits per heavy atom. The van der Waals surface area contributed by atoms with Crippen molar-refractivity contribution in [3.8, 4) is 0 Å². The molecular weight excluding hydrogens is 495 g/mol. The van der Waals surface area contributed by atoms with Crippen LogP contribution in [0.4, 0.5) is 15.8 Å². The minimum Gasteiger partial charge on any atom is -0.324 e. The molecule has 9 heteroatoms. The lowest BCUT2D eigenvalue weighted by Crippen LogP contribution is -2.38. The van der Waals surface area contributed by atoms with E-state index >= 15 is 0 Å². The Morgan fingerprint density at radius 2 is 1.70 bits per heavy atom. The average Bonchev–Trinajstić information content (AvgIpc) is 2.70. The molecule has 0 saturated heterocycles. The summed E-state index contributed by atoms with van der Waals surface area (Å²) in [7, 11) is -4.11. The zero-order chi connectivity index (χ0) is 21.9. The lowest BCUT2D eigenvalue weighted by molar-refractivity contribution is -0.114. The molecule has 0 heterocycles. The molecule has 0 saturated carbocycles. The molecule has 0 bridgehead atoms. The molecule has 0 unspecified atom stereocenters. The second-order valence-electron chi connectivity index (χ2n) is 6.48. The molecule has 1 N–H and O–H groups in total. The van der Waals surface area contributed by atoms with Crippen LogP contribution in [-0.2, 0) is 14.8 Å². The number of sulfonamides is 1. The highest BCUT2D eigenvalue weighted by Crippen LogP contribution is 2.27. The van der Waals surface area contributed by atoms with Crippen LogP contribution in [0.3, 0.4) is 0 Å². The number of carbonyl (C=O) groups excluding carboxylic acids is 1. The van der Waals surface area contributed by atoms with Crippen LogP contribution in [0.2, 0.25) is 5.02 Å². The Hall–Kier alpha value is -2.42. The molecule has 0 aliphatic carbocycles. The van der Waals surface area contributed by atoms with Gasteiger partial charge in [-0.2, -0.15) is 0 Å². The first kappa shape index (κ1) is 22.3. The third kappa shape index (κ3) is 5.19. The third-order valence-corrected chi connectivity index (χ3v) is 7.23. The monoisotopic (exact) mass is 510 g/mol. The quantitative estimate of drug-likeness (QED) is 0.483. The summed E-state index contributed by atoms with van der Waals surface area (Å²) in [5, 5.41) is 3.05. The number of benzene rings is 3. The lowest BCUT2D eigenvalue weighted by atomic mass is 10.2. The Morgan fingerprint density at radius 1 is 1.07 bits per heavy atom. The van der Waals surface area contributed by atoms with E-state index in [4.69, 9.17) is 11.6 Å². The van der Waals surface area contributed by atoms with E-state index in [9.17, 15) is 17.6 Å². The molecule has 3 rings (SSSR count).